The first-order valence-corrected chi connectivity index (χ1v) is 8.66. The molecule has 1 aromatic rings. The van der Waals surface area contributed by atoms with Crippen LogP contribution in [0.1, 0.15) is 18.2 Å². The van der Waals surface area contributed by atoms with E-state index < -0.39 is 43.0 Å². The molecule has 2 rings (SSSR count). The van der Waals surface area contributed by atoms with Gasteiger partial charge in [-0.05, 0) is 18.7 Å². The van der Waals surface area contributed by atoms with Gasteiger partial charge in [-0.2, -0.15) is 0 Å². The number of nitrogens with one attached hydrogen (secondary N) is 1. The second-order valence-electron chi connectivity index (χ2n) is 4.66. The lowest BCUT2D eigenvalue weighted by Crippen LogP contribution is -2.33. The van der Waals surface area contributed by atoms with E-state index in [-0.39, 0.29) is 6.42 Å². The molecule has 1 unspecified atom stereocenters. The van der Waals surface area contributed by atoms with E-state index in [1.165, 1.54) is 13.1 Å². The van der Waals surface area contributed by atoms with Gasteiger partial charge in [0, 0.05) is 18.2 Å². The first-order chi connectivity index (χ1) is 9.71. The fraction of sp³-hybridized carbons (Fsp3) is 0.600. The molecule has 4 N–H and O–H groups in total. The van der Waals surface area contributed by atoms with Gasteiger partial charge in [0.1, 0.15) is 12.3 Å². The summed E-state index contributed by atoms with van der Waals surface area (Å²) in [6, 6.07) is 0. The second-order valence-corrected chi connectivity index (χ2v) is 7.28. The maximum atomic E-state index is 11.8. The summed E-state index contributed by atoms with van der Waals surface area (Å²) in [6.07, 6.45) is -1.11. The van der Waals surface area contributed by atoms with Crippen LogP contribution in [0.2, 0.25) is 0 Å². The standard InChI is InChI=1S/C10H15N2O7PS/c1-5-3-12(10(15)11-9(5)14)8-2-6(7(4-13)18-8)19-20(16,17)21/h3,6-8,13H,2,4H2,1H3,(H,11,14,15)(H2,16,17,21)/t6?,7-,8-/m1/s1. The summed E-state index contributed by atoms with van der Waals surface area (Å²) in [7, 11) is 0. The molecule has 0 bridgehead atoms. The van der Waals surface area contributed by atoms with Crippen LogP contribution in [0.15, 0.2) is 15.8 Å². The summed E-state index contributed by atoms with van der Waals surface area (Å²) < 4.78 is 11.5. The number of aliphatic hydroxyl groups excluding tert-OH is 1. The van der Waals surface area contributed by atoms with Crippen molar-refractivity contribution in [2.75, 3.05) is 6.61 Å². The van der Waals surface area contributed by atoms with E-state index in [1.54, 1.807) is 0 Å². The summed E-state index contributed by atoms with van der Waals surface area (Å²) in [5.74, 6) is 0. The highest BCUT2D eigenvalue weighted by Crippen LogP contribution is 2.43. The van der Waals surface area contributed by atoms with Crippen molar-refractivity contribution in [3.05, 3.63) is 32.6 Å². The van der Waals surface area contributed by atoms with Crippen LogP contribution in [-0.4, -0.2) is 43.3 Å². The summed E-state index contributed by atoms with van der Waals surface area (Å²) in [5, 5.41) is 9.23. The molecule has 0 aliphatic carbocycles. The number of nitrogens with zero attached hydrogens (tertiary/aromatic N) is 1. The van der Waals surface area contributed by atoms with Crippen LogP contribution in [0.5, 0.6) is 0 Å². The molecular formula is C10H15N2O7PS. The average Bonchev–Trinajstić information content (AvgIpc) is 2.74. The Morgan fingerprint density at radius 2 is 2.24 bits per heavy atom. The maximum absolute atomic E-state index is 11.8. The monoisotopic (exact) mass is 338 g/mol. The number of hydrogen-bond acceptors (Lipinski definition) is 6. The van der Waals surface area contributed by atoms with Gasteiger partial charge in [-0.1, -0.05) is 0 Å². The summed E-state index contributed by atoms with van der Waals surface area (Å²) in [6.45, 7) is -2.82. The molecule has 1 aliphatic heterocycles. The van der Waals surface area contributed by atoms with Crippen LogP contribution in [0.4, 0.5) is 0 Å². The summed E-state index contributed by atoms with van der Waals surface area (Å²) >= 11 is 4.39. The molecule has 1 aromatic heterocycles. The van der Waals surface area contributed by atoms with Crippen molar-refractivity contribution in [1.29, 1.82) is 0 Å². The highest BCUT2D eigenvalue weighted by molar-refractivity contribution is 8.06. The Bertz CT molecular complexity index is 681. The van der Waals surface area contributed by atoms with Gasteiger partial charge < -0.3 is 24.2 Å². The number of hydrogen-bond donors (Lipinski definition) is 4. The lowest BCUT2D eigenvalue weighted by atomic mass is 10.2. The third-order valence-corrected chi connectivity index (χ3v) is 3.89. The summed E-state index contributed by atoms with van der Waals surface area (Å²) in [5.41, 5.74) is -0.847. The molecule has 0 aromatic carbocycles. The molecule has 0 amide bonds. The molecule has 1 saturated heterocycles. The highest BCUT2D eigenvalue weighted by Gasteiger charge is 2.39. The average molecular weight is 338 g/mol. The molecule has 1 aliphatic rings. The van der Waals surface area contributed by atoms with Crippen LogP contribution < -0.4 is 11.2 Å². The van der Waals surface area contributed by atoms with E-state index in [1.807, 2.05) is 0 Å². The van der Waals surface area contributed by atoms with E-state index in [0.29, 0.717) is 5.56 Å². The van der Waals surface area contributed by atoms with E-state index >= 15 is 0 Å². The van der Waals surface area contributed by atoms with Gasteiger partial charge in [-0.15, -0.1) is 0 Å². The topological polar surface area (TPSA) is 134 Å². The Hall–Kier alpha value is -0.870. The van der Waals surface area contributed by atoms with Gasteiger partial charge in [-0.3, -0.25) is 14.3 Å². The Labute approximate surface area is 124 Å². The Morgan fingerprint density at radius 3 is 2.81 bits per heavy atom. The molecule has 0 saturated carbocycles. The zero-order valence-electron chi connectivity index (χ0n) is 11.0. The fourth-order valence-corrected chi connectivity index (χ4v) is 3.03. The predicted molar refractivity (Wildman–Crippen MR) is 75.3 cm³/mol. The first-order valence-electron chi connectivity index (χ1n) is 6.03. The smallest absolute Gasteiger partial charge is 0.330 e. The quantitative estimate of drug-likeness (QED) is 0.499. The van der Waals surface area contributed by atoms with Gasteiger partial charge in [0.25, 0.3) is 5.56 Å². The second kappa shape index (κ2) is 6.09. The minimum atomic E-state index is -3.92. The number of aromatic amines is 1. The van der Waals surface area contributed by atoms with Crippen LogP contribution in [0.25, 0.3) is 0 Å². The number of rotatable bonds is 4. The molecule has 21 heavy (non-hydrogen) atoms. The molecule has 0 spiro atoms. The van der Waals surface area contributed by atoms with Crippen LogP contribution >= 0.6 is 6.72 Å². The van der Waals surface area contributed by atoms with Gasteiger partial charge in [0.2, 0.25) is 0 Å². The Balaban J connectivity index is 2.27. The Morgan fingerprint density at radius 1 is 1.57 bits per heavy atom. The molecule has 118 valence electrons. The van der Waals surface area contributed by atoms with Gasteiger partial charge in [0.05, 0.1) is 12.7 Å². The number of ether oxygens (including phenoxy) is 1. The van der Waals surface area contributed by atoms with E-state index in [4.69, 9.17) is 9.26 Å². The summed E-state index contributed by atoms with van der Waals surface area (Å²) in [4.78, 5) is 43.6. The van der Waals surface area contributed by atoms with Gasteiger partial charge >= 0.3 is 12.4 Å². The predicted octanol–water partition coefficient (Wildman–Crippen LogP) is -1.28. The van der Waals surface area contributed by atoms with Crippen LogP contribution in [0, 0.1) is 6.92 Å². The number of H-pyrrole nitrogens is 1. The molecular weight excluding hydrogens is 323 g/mol. The number of aliphatic hydroxyl groups is 1. The normalized spacial score (nSPS) is 26.2. The van der Waals surface area contributed by atoms with Crippen LogP contribution in [0.3, 0.4) is 0 Å². The van der Waals surface area contributed by atoms with Crippen molar-refractivity contribution >= 4 is 18.5 Å². The van der Waals surface area contributed by atoms with E-state index in [2.05, 4.69) is 16.8 Å². The first kappa shape index (κ1) is 16.5. The zero-order chi connectivity index (χ0) is 15.8. The van der Waals surface area contributed by atoms with Crippen molar-refractivity contribution in [3.63, 3.8) is 0 Å². The minimum absolute atomic E-state index is 0.0795. The minimum Gasteiger partial charge on any atom is -0.394 e. The van der Waals surface area contributed by atoms with E-state index in [9.17, 15) is 24.5 Å². The molecule has 1 fully saturated rings. The molecule has 11 heteroatoms. The zero-order valence-corrected chi connectivity index (χ0v) is 12.7. The Kier molecular flexibility index (Phi) is 4.79. The fourth-order valence-electron chi connectivity index (χ4n) is 2.12. The number of aryl methyl sites for hydroxylation is 1. The lowest BCUT2D eigenvalue weighted by molar-refractivity contribution is -0.0435. The van der Waals surface area contributed by atoms with Crippen molar-refractivity contribution < 1.29 is 24.2 Å². The molecule has 2 heterocycles. The van der Waals surface area contributed by atoms with Crippen molar-refractivity contribution in [1.82, 2.24) is 9.55 Å². The molecule has 3 atom stereocenters. The third kappa shape index (κ3) is 3.86. The highest BCUT2D eigenvalue weighted by atomic mass is 32.5. The number of aromatic nitrogens is 2. The van der Waals surface area contributed by atoms with Crippen molar-refractivity contribution in [3.8, 4) is 0 Å². The third-order valence-electron chi connectivity index (χ3n) is 3.09. The van der Waals surface area contributed by atoms with Crippen molar-refractivity contribution in [2.45, 2.75) is 31.8 Å². The van der Waals surface area contributed by atoms with Crippen LogP contribution in [-0.2, 0) is 21.1 Å². The van der Waals surface area contributed by atoms with Gasteiger partial charge in [-0.25, -0.2) is 4.79 Å². The molecule has 9 nitrogen and oxygen atoms in total. The largest absolute Gasteiger partial charge is 0.394 e. The van der Waals surface area contributed by atoms with Crippen molar-refractivity contribution in [2.24, 2.45) is 0 Å². The SMILES string of the molecule is Cc1cn([C@H]2CC(OP(O)(O)=S)[C@@H](CO)O2)c(=O)[nH]c1=O. The maximum Gasteiger partial charge on any atom is 0.330 e. The van der Waals surface area contributed by atoms with E-state index in [0.717, 1.165) is 4.57 Å². The van der Waals surface area contributed by atoms with Gasteiger partial charge in [0.15, 0.2) is 0 Å². The lowest BCUT2D eigenvalue weighted by Gasteiger charge is -2.18. The molecule has 0 radical (unpaired) electrons.